The Hall–Kier alpha value is -1.59. The van der Waals surface area contributed by atoms with E-state index in [0.29, 0.717) is 18.4 Å². The van der Waals surface area contributed by atoms with Crippen LogP contribution in [0.25, 0.3) is 0 Å². The molecule has 0 amide bonds. The molecule has 0 heterocycles. The van der Waals surface area contributed by atoms with E-state index in [1.54, 1.807) is 0 Å². The van der Waals surface area contributed by atoms with Gasteiger partial charge in [-0.15, -0.1) is 0 Å². The van der Waals surface area contributed by atoms with E-state index >= 15 is 0 Å². The molecule has 0 aromatic heterocycles. The molecule has 0 fully saturated rings. The van der Waals surface area contributed by atoms with Crippen LogP contribution < -0.4 is 5.48 Å². The van der Waals surface area contributed by atoms with Crippen LogP contribution in [0.4, 0.5) is 0 Å². The average Bonchev–Trinajstić information content (AvgIpc) is 2.50. The van der Waals surface area contributed by atoms with Crippen LogP contribution in [-0.2, 0) is 15.6 Å². The van der Waals surface area contributed by atoms with Crippen molar-refractivity contribution in [3.8, 4) is 5.75 Å². The molecule has 1 atom stereocenters. The Bertz CT molecular complexity index is 614. The highest BCUT2D eigenvalue weighted by Crippen LogP contribution is 2.45. The predicted molar refractivity (Wildman–Crippen MR) is 104 cm³/mol. The minimum atomic E-state index is -1.14. The Balaban J connectivity index is 3.83. The highest BCUT2D eigenvalue weighted by Gasteiger charge is 2.44. The zero-order chi connectivity index (χ0) is 20.5. The number of nitrogens with one attached hydrogen (secondary N) is 1. The van der Waals surface area contributed by atoms with Gasteiger partial charge in [0, 0.05) is 0 Å². The lowest BCUT2D eigenvalue weighted by molar-refractivity contribution is -0.154. The van der Waals surface area contributed by atoms with Gasteiger partial charge in [0.2, 0.25) is 0 Å². The number of hydrogen-bond acceptors (Lipinski definition) is 4. The van der Waals surface area contributed by atoms with Gasteiger partial charge in [-0.2, -0.15) is 5.48 Å². The predicted octanol–water partition coefficient (Wildman–Crippen LogP) is 4.90. The molecule has 1 rings (SSSR count). The summed E-state index contributed by atoms with van der Waals surface area (Å²) in [6, 6.07) is 2.86. The second kappa shape index (κ2) is 7.57. The molecule has 5 nitrogen and oxygen atoms in total. The smallest absolute Gasteiger partial charge is 0.311 e. The highest BCUT2D eigenvalue weighted by molar-refractivity contribution is 5.76. The number of phenols is 1. The van der Waals surface area contributed by atoms with E-state index < -0.39 is 17.4 Å². The van der Waals surface area contributed by atoms with E-state index in [1.165, 1.54) is 0 Å². The van der Waals surface area contributed by atoms with Gasteiger partial charge >= 0.3 is 5.97 Å². The summed E-state index contributed by atoms with van der Waals surface area (Å²) in [6.45, 7) is 15.7. The van der Waals surface area contributed by atoms with Crippen LogP contribution >= 0.6 is 0 Å². The number of hydrogen-bond donors (Lipinski definition) is 4. The third-order valence-electron chi connectivity index (χ3n) is 5.45. The average molecular weight is 366 g/mol. The minimum absolute atomic E-state index is 0.236. The number of rotatable bonds is 6. The summed E-state index contributed by atoms with van der Waals surface area (Å²) in [5.74, 6) is -0.712. The molecule has 0 aliphatic carbocycles. The van der Waals surface area contributed by atoms with Crippen molar-refractivity contribution in [3.63, 3.8) is 0 Å². The van der Waals surface area contributed by atoms with E-state index in [2.05, 4.69) is 5.48 Å². The summed E-state index contributed by atoms with van der Waals surface area (Å²) < 4.78 is 0. The number of benzene rings is 1. The Morgan fingerprint density at radius 2 is 1.38 bits per heavy atom. The van der Waals surface area contributed by atoms with Crippen molar-refractivity contribution >= 4 is 5.97 Å². The molecule has 0 saturated carbocycles. The second-order valence-corrected chi connectivity index (χ2v) is 9.20. The van der Waals surface area contributed by atoms with E-state index in [4.69, 9.17) is 0 Å². The normalized spacial score (nSPS) is 14.3. The van der Waals surface area contributed by atoms with Crippen LogP contribution in [0.2, 0.25) is 0 Å². The third-order valence-corrected chi connectivity index (χ3v) is 5.45. The zero-order valence-electron chi connectivity index (χ0n) is 17.4. The number of carbonyl (C=O) groups is 1. The van der Waals surface area contributed by atoms with Crippen molar-refractivity contribution < 1.29 is 20.2 Å². The standard InChI is InChI=1S/C21H35NO4/c1-9-21(10-2,18(24)25)17(22-26)13-11-14(19(3,4)5)16(23)15(12-13)20(6,7)8/h11-12,17,22-23,26H,9-10H2,1-8H3,(H,24,25). The van der Waals surface area contributed by atoms with E-state index in [9.17, 15) is 20.2 Å². The topological polar surface area (TPSA) is 89.8 Å². The fraction of sp³-hybridized carbons (Fsp3) is 0.667. The molecule has 0 aliphatic rings. The zero-order valence-corrected chi connectivity index (χ0v) is 17.4. The maximum atomic E-state index is 12.1. The first-order valence-corrected chi connectivity index (χ1v) is 9.27. The summed E-state index contributed by atoms with van der Waals surface area (Å²) in [5.41, 5.74) is 2.61. The van der Waals surface area contributed by atoms with Gasteiger partial charge in [0.25, 0.3) is 0 Å². The quantitative estimate of drug-likeness (QED) is 0.539. The number of carboxylic acids is 1. The minimum Gasteiger partial charge on any atom is -0.507 e. The van der Waals surface area contributed by atoms with Gasteiger partial charge in [-0.05, 0) is 52.5 Å². The molecular weight excluding hydrogens is 330 g/mol. The van der Waals surface area contributed by atoms with Crippen molar-refractivity contribution in [1.82, 2.24) is 5.48 Å². The van der Waals surface area contributed by atoms with Crippen LogP contribution in [0.1, 0.15) is 91.0 Å². The van der Waals surface area contributed by atoms with Crippen molar-refractivity contribution in [1.29, 1.82) is 0 Å². The maximum absolute atomic E-state index is 12.1. The van der Waals surface area contributed by atoms with Crippen LogP contribution in [0.15, 0.2) is 12.1 Å². The second-order valence-electron chi connectivity index (χ2n) is 9.20. The summed E-state index contributed by atoms with van der Waals surface area (Å²) in [6.07, 6.45) is 0.737. The molecule has 1 aromatic rings. The maximum Gasteiger partial charge on any atom is 0.311 e. The summed E-state index contributed by atoms with van der Waals surface area (Å²) in [7, 11) is 0. The van der Waals surface area contributed by atoms with Crippen LogP contribution in [0.3, 0.4) is 0 Å². The monoisotopic (exact) mass is 365 g/mol. The molecule has 0 saturated heterocycles. The van der Waals surface area contributed by atoms with E-state index in [1.807, 2.05) is 67.5 Å². The fourth-order valence-corrected chi connectivity index (χ4v) is 3.57. The molecule has 26 heavy (non-hydrogen) atoms. The lowest BCUT2D eigenvalue weighted by Gasteiger charge is -2.37. The lowest BCUT2D eigenvalue weighted by atomic mass is 9.70. The van der Waals surface area contributed by atoms with Crippen molar-refractivity contribution in [3.05, 3.63) is 28.8 Å². The molecule has 0 spiro atoms. The molecule has 1 aromatic carbocycles. The van der Waals surface area contributed by atoms with Gasteiger partial charge in [-0.3, -0.25) is 4.79 Å². The molecule has 5 heteroatoms. The Morgan fingerprint density at radius 3 is 1.62 bits per heavy atom. The third kappa shape index (κ3) is 4.04. The Morgan fingerprint density at radius 1 is 1.00 bits per heavy atom. The van der Waals surface area contributed by atoms with Gasteiger partial charge in [-0.25, -0.2) is 0 Å². The van der Waals surface area contributed by atoms with Crippen LogP contribution in [-0.4, -0.2) is 21.4 Å². The molecule has 1 unspecified atom stereocenters. The van der Waals surface area contributed by atoms with Gasteiger partial charge in [-0.1, -0.05) is 55.4 Å². The van der Waals surface area contributed by atoms with Crippen molar-refractivity contribution in [2.75, 3.05) is 0 Å². The molecule has 148 valence electrons. The van der Waals surface area contributed by atoms with Gasteiger partial charge < -0.3 is 15.4 Å². The van der Waals surface area contributed by atoms with Crippen LogP contribution in [0.5, 0.6) is 5.75 Å². The summed E-state index contributed by atoms with van der Waals surface area (Å²) in [5, 5.41) is 30.7. The number of phenolic OH excluding ortho intramolecular Hbond substituents is 1. The van der Waals surface area contributed by atoms with Gasteiger partial charge in [0.1, 0.15) is 5.75 Å². The first kappa shape index (κ1) is 22.5. The summed E-state index contributed by atoms with van der Waals surface area (Å²) >= 11 is 0. The number of hydroxylamine groups is 1. The number of aliphatic carboxylic acids is 1. The fourth-order valence-electron chi connectivity index (χ4n) is 3.57. The van der Waals surface area contributed by atoms with E-state index in [0.717, 1.165) is 11.1 Å². The first-order valence-electron chi connectivity index (χ1n) is 9.27. The largest absolute Gasteiger partial charge is 0.507 e. The molecule has 4 N–H and O–H groups in total. The lowest BCUT2D eigenvalue weighted by Crippen LogP contribution is -2.42. The molecule has 0 radical (unpaired) electrons. The van der Waals surface area contributed by atoms with E-state index in [-0.39, 0.29) is 16.6 Å². The van der Waals surface area contributed by atoms with Crippen LogP contribution in [0, 0.1) is 5.41 Å². The van der Waals surface area contributed by atoms with Gasteiger partial charge in [0.15, 0.2) is 0 Å². The number of aromatic hydroxyl groups is 1. The Labute approximate surface area is 157 Å². The van der Waals surface area contributed by atoms with Crippen molar-refractivity contribution in [2.24, 2.45) is 5.41 Å². The SMILES string of the molecule is CCC(CC)(C(=O)O)C(NO)c1cc(C(C)(C)C)c(O)c(C(C)(C)C)c1. The molecular formula is C21H35NO4. The first-order chi connectivity index (χ1) is 11.8. The van der Waals surface area contributed by atoms with Crippen molar-refractivity contribution in [2.45, 2.75) is 85.1 Å². The summed E-state index contributed by atoms with van der Waals surface area (Å²) in [4.78, 5) is 12.1. The molecule has 0 aliphatic heterocycles. The van der Waals surface area contributed by atoms with Gasteiger partial charge in [0.05, 0.1) is 11.5 Å². The highest BCUT2D eigenvalue weighted by atomic mass is 16.5. The number of carboxylic acid groups (broad SMARTS) is 1. The Kier molecular flexibility index (Phi) is 6.54. The molecule has 0 bridgehead atoms.